The molecule has 2 aromatic rings. The van der Waals surface area contributed by atoms with Gasteiger partial charge in [0.1, 0.15) is 5.75 Å². The summed E-state index contributed by atoms with van der Waals surface area (Å²) in [6, 6.07) is 8.05. The molecule has 0 aliphatic heterocycles. The molecule has 7 nitrogen and oxygen atoms in total. The minimum atomic E-state index is -0.513. The molecule has 120 valence electrons. The molecule has 0 saturated carbocycles. The van der Waals surface area contributed by atoms with Crippen LogP contribution in [0.4, 0.5) is 0 Å². The molecule has 0 saturated heterocycles. The molecule has 0 atom stereocenters. The van der Waals surface area contributed by atoms with Gasteiger partial charge in [-0.2, -0.15) is 0 Å². The van der Waals surface area contributed by atoms with E-state index in [0.717, 1.165) is 3.57 Å². The maximum Gasteiger partial charge on any atom is 0.293 e. The lowest BCUT2D eigenvalue weighted by molar-refractivity contribution is 0.0927. The van der Waals surface area contributed by atoms with Gasteiger partial charge in [0, 0.05) is 5.56 Å². The fraction of sp³-hybridized carbons (Fsp3) is 0.0714. The number of ether oxygens (including phenoxy) is 1. The van der Waals surface area contributed by atoms with E-state index in [4.69, 9.17) is 21.4 Å². The van der Waals surface area contributed by atoms with Crippen molar-refractivity contribution in [2.75, 3.05) is 7.11 Å². The van der Waals surface area contributed by atoms with Gasteiger partial charge in [0.05, 0.1) is 16.9 Å². The van der Waals surface area contributed by atoms with Gasteiger partial charge < -0.3 is 9.15 Å². The zero-order chi connectivity index (χ0) is 16.8. The predicted molar refractivity (Wildman–Crippen MR) is 95.1 cm³/mol. The van der Waals surface area contributed by atoms with Crippen LogP contribution in [0.15, 0.2) is 41.0 Å². The van der Waals surface area contributed by atoms with Crippen LogP contribution in [0.25, 0.3) is 0 Å². The summed E-state index contributed by atoms with van der Waals surface area (Å²) in [4.78, 5) is 23.7. The van der Waals surface area contributed by atoms with Crippen molar-refractivity contribution in [2.45, 2.75) is 0 Å². The number of carbonyl (C=O) groups is 2. The number of thiocarbonyl (C=S) groups is 1. The molecule has 0 aliphatic carbocycles. The van der Waals surface area contributed by atoms with Crippen molar-refractivity contribution < 1.29 is 18.7 Å². The molecule has 0 fully saturated rings. The van der Waals surface area contributed by atoms with Gasteiger partial charge in [-0.25, -0.2) is 0 Å². The summed E-state index contributed by atoms with van der Waals surface area (Å²) in [5.41, 5.74) is 5.26. The second kappa shape index (κ2) is 7.92. The van der Waals surface area contributed by atoms with Crippen molar-refractivity contribution in [3.63, 3.8) is 0 Å². The molecular weight excluding hydrogens is 433 g/mol. The van der Waals surface area contributed by atoms with Gasteiger partial charge in [0.15, 0.2) is 10.9 Å². The molecule has 1 heterocycles. The Hall–Kier alpha value is -2.14. The highest BCUT2D eigenvalue weighted by atomic mass is 127. The quantitative estimate of drug-likeness (QED) is 0.380. The molecule has 23 heavy (non-hydrogen) atoms. The van der Waals surface area contributed by atoms with E-state index in [-0.39, 0.29) is 10.9 Å². The van der Waals surface area contributed by atoms with Crippen molar-refractivity contribution in [2.24, 2.45) is 0 Å². The number of rotatable bonds is 3. The smallest absolute Gasteiger partial charge is 0.293 e. The highest BCUT2D eigenvalue weighted by Crippen LogP contribution is 2.21. The first kappa shape index (κ1) is 17.2. The van der Waals surface area contributed by atoms with Gasteiger partial charge in [0.25, 0.3) is 11.8 Å². The van der Waals surface area contributed by atoms with Gasteiger partial charge in [-0.15, -0.1) is 0 Å². The average Bonchev–Trinajstić information content (AvgIpc) is 3.07. The van der Waals surface area contributed by atoms with Crippen molar-refractivity contribution in [3.05, 3.63) is 51.5 Å². The molecular formula is C14H12IN3O4S. The van der Waals surface area contributed by atoms with Gasteiger partial charge in [-0.1, -0.05) is 0 Å². The van der Waals surface area contributed by atoms with Gasteiger partial charge >= 0.3 is 0 Å². The van der Waals surface area contributed by atoms with Crippen LogP contribution < -0.4 is 20.9 Å². The maximum absolute atomic E-state index is 12.0. The van der Waals surface area contributed by atoms with Gasteiger partial charge in [0.2, 0.25) is 0 Å². The first-order chi connectivity index (χ1) is 11.0. The summed E-state index contributed by atoms with van der Waals surface area (Å²) in [6.07, 6.45) is 1.37. The summed E-state index contributed by atoms with van der Waals surface area (Å²) in [5.74, 6) is -0.123. The Balaban J connectivity index is 1.87. The van der Waals surface area contributed by atoms with Crippen molar-refractivity contribution in [1.29, 1.82) is 0 Å². The Bertz CT molecular complexity index is 734. The van der Waals surface area contributed by atoms with E-state index < -0.39 is 11.8 Å². The fourth-order valence-electron chi connectivity index (χ4n) is 1.60. The SMILES string of the molecule is COc1ccc(C(=O)NNC(=S)NC(=O)c2ccco2)cc1I. The number of furan rings is 1. The first-order valence-corrected chi connectivity index (χ1v) is 7.78. The lowest BCUT2D eigenvalue weighted by atomic mass is 10.2. The lowest BCUT2D eigenvalue weighted by Gasteiger charge is -2.11. The van der Waals surface area contributed by atoms with Crippen LogP contribution in [-0.4, -0.2) is 24.0 Å². The van der Waals surface area contributed by atoms with Gasteiger partial charge in [-0.05, 0) is 65.1 Å². The number of halogens is 1. The highest BCUT2D eigenvalue weighted by Gasteiger charge is 2.12. The predicted octanol–water partition coefficient (Wildman–Crippen LogP) is 1.84. The molecule has 2 amide bonds. The number of benzene rings is 1. The highest BCUT2D eigenvalue weighted by molar-refractivity contribution is 14.1. The van der Waals surface area contributed by atoms with Crippen molar-refractivity contribution in [3.8, 4) is 5.75 Å². The van der Waals surface area contributed by atoms with E-state index in [1.807, 2.05) is 0 Å². The number of nitrogens with one attached hydrogen (secondary N) is 3. The number of hydrogen-bond donors (Lipinski definition) is 3. The zero-order valence-corrected chi connectivity index (χ0v) is 14.9. The Morgan fingerprint density at radius 2 is 2.00 bits per heavy atom. The summed E-state index contributed by atoms with van der Waals surface area (Å²) in [5, 5.41) is 2.32. The van der Waals surface area contributed by atoms with E-state index in [9.17, 15) is 9.59 Å². The van der Waals surface area contributed by atoms with Crippen molar-refractivity contribution in [1.82, 2.24) is 16.2 Å². The normalized spacial score (nSPS) is 9.83. The molecule has 0 radical (unpaired) electrons. The minimum absolute atomic E-state index is 0.0528. The molecule has 0 unspecified atom stereocenters. The number of hydrazine groups is 1. The van der Waals surface area contributed by atoms with Crippen LogP contribution in [0.5, 0.6) is 5.75 Å². The van der Waals surface area contributed by atoms with Crippen LogP contribution in [0.1, 0.15) is 20.9 Å². The van der Waals surface area contributed by atoms with E-state index in [2.05, 4.69) is 38.8 Å². The topological polar surface area (TPSA) is 92.6 Å². The maximum atomic E-state index is 12.0. The third kappa shape index (κ3) is 4.66. The number of amides is 2. The second-order valence-corrected chi connectivity index (χ2v) is 5.76. The zero-order valence-electron chi connectivity index (χ0n) is 11.9. The van der Waals surface area contributed by atoms with Crippen LogP contribution in [0.2, 0.25) is 0 Å². The number of methoxy groups -OCH3 is 1. The molecule has 0 aliphatic rings. The number of hydrogen-bond acceptors (Lipinski definition) is 5. The summed E-state index contributed by atoms with van der Waals surface area (Å²) >= 11 is 6.98. The average molecular weight is 445 g/mol. The van der Waals surface area contributed by atoms with Crippen LogP contribution >= 0.6 is 34.8 Å². The van der Waals surface area contributed by atoms with Crippen LogP contribution in [-0.2, 0) is 0 Å². The largest absolute Gasteiger partial charge is 0.496 e. The Kier molecular flexibility index (Phi) is 5.93. The summed E-state index contributed by atoms with van der Waals surface area (Å²) < 4.78 is 10.8. The van der Waals surface area contributed by atoms with Crippen LogP contribution in [0, 0.1) is 3.57 Å². The molecule has 1 aromatic heterocycles. The standard InChI is InChI=1S/C14H12IN3O4S/c1-21-10-5-4-8(7-9(10)15)12(19)17-18-14(23)16-13(20)11-3-2-6-22-11/h2-7H,1H3,(H,17,19)(H2,16,18,20,23). The van der Waals surface area contributed by atoms with E-state index in [0.29, 0.717) is 11.3 Å². The fourth-order valence-corrected chi connectivity index (χ4v) is 2.48. The molecule has 3 N–H and O–H groups in total. The van der Waals surface area contributed by atoms with E-state index >= 15 is 0 Å². The lowest BCUT2D eigenvalue weighted by Crippen LogP contribution is -2.48. The summed E-state index contributed by atoms with van der Waals surface area (Å²) in [7, 11) is 1.55. The van der Waals surface area contributed by atoms with Gasteiger partial charge in [-0.3, -0.25) is 25.8 Å². The molecule has 9 heteroatoms. The third-order valence-corrected chi connectivity index (χ3v) is 3.72. The summed E-state index contributed by atoms with van der Waals surface area (Å²) in [6.45, 7) is 0. The van der Waals surface area contributed by atoms with Crippen LogP contribution in [0.3, 0.4) is 0 Å². The second-order valence-electron chi connectivity index (χ2n) is 4.19. The Morgan fingerprint density at radius 3 is 2.61 bits per heavy atom. The van der Waals surface area contributed by atoms with Crippen molar-refractivity contribution >= 4 is 51.7 Å². The minimum Gasteiger partial charge on any atom is -0.496 e. The third-order valence-electron chi connectivity index (χ3n) is 2.68. The monoisotopic (exact) mass is 445 g/mol. The molecule has 0 bridgehead atoms. The van der Waals surface area contributed by atoms with E-state index in [1.54, 1.807) is 31.4 Å². The number of carbonyl (C=O) groups excluding carboxylic acids is 2. The first-order valence-electron chi connectivity index (χ1n) is 6.30. The Labute approximate surface area is 150 Å². The molecule has 0 spiro atoms. The molecule has 2 rings (SSSR count). The van der Waals surface area contributed by atoms with E-state index in [1.165, 1.54) is 12.3 Å². The molecule has 1 aromatic carbocycles. The Morgan fingerprint density at radius 1 is 1.22 bits per heavy atom.